The van der Waals surface area contributed by atoms with Crippen LogP contribution in [0.15, 0.2) is 59.9 Å². The molecule has 0 atom stereocenters. The molecule has 1 aromatic carbocycles. The van der Waals surface area contributed by atoms with Gasteiger partial charge in [0.25, 0.3) is 0 Å². The fourth-order valence-corrected chi connectivity index (χ4v) is 4.10. The molecular weight excluding hydrogens is 443 g/mol. The number of nitrogens with one attached hydrogen (secondary N) is 2. The van der Waals surface area contributed by atoms with E-state index in [1.165, 1.54) is 6.07 Å². The number of halogens is 3. The molecule has 2 heterocycles. The summed E-state index contributed by atoms with van der Waals surface area (Å²) in [5, 5.41) is 6.33. The minimum absolute atomic E-state index is 0.0208. The summed E-state index contributed by atoms with van der Waals surface area (Å²) >= 11 is 0. The number of anilines is 4. The van der Waals surface area contributed by atoms with E-state index in [4.69, 9.17) is 0 Å². The molecule has 1 fully saturated rings. The van der Waals surface area contributed by atoms with Crippen LogP contribution in [0, 0.1) is 6.92 Å². The van der Waals surface area contributed by atoms with E-state index in [9.17, 15) is 13.2 Å². The topological polar surface area (TPSA) is 78.3 Å². The van der Waals surface area contributed by atoms with Crippen LogP contribution in [0.4, 0.5) is 36.3 Å². The molecule has 0 aliphatic heterocycles. The molecule has 0 amide bonds. The van der Waals surface area contributed by atoms with Gasteiger partial charge in [-0.05, 0) is 50.1 Å². The zero-order valence-electron chi connectivity index (χ0n) is 19.0. The Hall–Kier alpha value is -3.69. The summed E-state index contributed by atoms with van der Waals surface area (Å²) in [7, 11) is 1.60. The Labute approximate surface area is 196 Å². The van der Waals surface area contributed by atoms with Gasteiger partial charge in [-0.15, -0.1) is 0 Å². The number of aliphatic imine (C=N–C) groups is 1. The maximum Gasteiger partial charge on any atom is 0.416 e. The van der Waals surface area contributed by atoms with Crippen molar-refractivity contribution in [3.05, 3.63) is 66.1 Å². The van der Waals surface area contributed by atoms with Gasteiger partial charge < -0.3 is 10.2 Å². The number of benzene rings is 1. The second-order valence-electron chi connectivity index (χ2n) is 8.11. The van der Waals surface area contributed by atoms with E-state index in [1.807, 2.05) is 24.0 Å². The van der Waals surface area contributed by atoms with Gasteiger partial charge in [-0.1, -0.05) is 18.9 Å². The van der Waals surface area contributed by atoms with Crippen molar-refractivity contribution in [1.82, 2.24) is 15.0 Å². The summed E-state index contributed by atoms with van der Waals surface area (Å²) in [4.78, 5) is 19.3. The fourth-order valence-electron chi connectivity index (χ4n) is 4.10. The molecule has 0 radical (unpaired) electrons. The molecule has 0 bridgehead atoms. The third-order valence-corrected chi connectivity index (χ3v) is 5.59. The van der Waals surface area contributed by atoms with Crippen molar-refractivity contribution >= 4 is 29.1 Å². The number of guanidine groups is 1. The highest BCUT2D eigenvalue weighted by Gasteiger charge is 2.33. The maximum absolute atomic E-state index is 13.4. The molecule has 0 spiro atoms. The Balaban J connectivity index is 1.65. The van der Waals surface area contributed by atoms with Crippen molar-refractivity contribution < 1.29 is 13.2 Å². The summed E-state index contributed by atoms with van der Waals surface area (Å²) in [6.45, 7) is 1.84. The van der Waals surface area contributed by atoms with E-state index in [0.29, 0.717) is 29.1 Å². The molecule has 10 heteroatoms. The molecule has 34 heavy (non-hydrogen) atoms. The van der Waals surface area contributed by atoms with Crippen molar-refractivity contribution in [2.45, 2.75) is 44.8 Å². The lowest BCUT2D eigenvalue weighted by molar-refractivity contribution is -0.137. The standard InChI is InChI=1S/C24H26F3N7/c1-16-13-21(31-18-8-6-12-29-15-18)32-22(30-16)33-23(28-2)34(19-9-3-4-10-19)20-11-5-7-17(14-20)24(25,26)27/h5-8,11-15,19H,3-4,9-10H2,1-2H3,(H2,28,30,31,32,33). The maximum atomic E-state index is 13.4. The van der Waals surface area contributed by atoms with Gasteiger partial charge in [0.2, 0.25) is 11.9 Å². The average Bonchev–Trinajstić information content (AvgIpc) is 3.33. The first kappa shape index (κ1) is 23.5. The second kappa shape index (κ2) is 10.1. The predicted octanol–water partition coefficient (Wildman–Crippen LogP) is 5.79. The van der Waals surface area contributed by atoms with Crippen LogP contribution in [0.1, 0.15) is 36.9 Å². The molecule has 1 saturated carbocycles. The van der Waals surface area contributed by atoms with Gasteiger partial charge >= 0.3 is 6.18 Å². The van der Waals surface area contributed by atoms with Crippen LogP contribution in [-0.2, 0) is 6.18 Å². The molecule has 178 valence electrons. The summed E-state index contributed by atoms with van der Waals surface area (Å²) in [5.74, 6) is 1.25. The zero-order chi connectivity index (χ0) is 24.1. The van der Waals surface area contributed by atoms with E-state index in [2.05, 4.69) is 30.6 Å². The first-order chi connectivity index (χ1) is 16.3. The molecule has 3 aromatic rings. The van der Waals surface area contributed by atoms with Crippen LogP contribution in [0.5, 0.6) is 0 Å². The van der Waals surface area contributed by atoms with Gasteiger partial charge in [-0.3, -0.25) is 15.3 Å². The van der Waals surface area contributed by atoms with Gasteiger partial charge in [0.15, 0.2) is 0 Å². The molecule has 0 saturated heterocycles. The van der Waals surface area contributed by atoms with Gasteiger partial charge in [-0.2, -0.15) is 18.2 Å². The lowest BCUT2D eigenvalue weighted by Gasteiger charge is -2.32. The summed E-state index contributed by atoms with van der Waals surface area (Å²) in [6.07, 6.45) is 2.67. The Kier molecular flexibility index (Phi) is 6.95. The van der Waals surface area contributed by atoms with E-state index in [0.717, 1.165) is 43.5 Å². The summed E-state index contributed by atoms with van der Waals surface area (Å²) in [6, 6.07) is 10.8. The quantitative estimate of drug-likeness (QED) is 0.364. The number of nitrogens with zero attached hydrogens (tertiary/aromatic N) is 5. The number of aryl methyl sites for hydroxylation is 1. The monoisotopic (exact) mass is 469 g/mol. The molecular formula is C24H26F3N7. The number of pyridine rings is 1. The Bertz CT molecular complexity index is 1140. The number of hydrogen-bond donors (Lipinski definition) is 2. The van der Waals surface area contributed by atoms with E-state index in [1.54, 1.807) is 31.6 Å². The lowest BCUT2D eigenvalue weighted by atomic mass is 10.1. The Morgan fingerprint density at radius 2 is 1.88 bits per heavy atom. The smallest absolute Gasteiger partial charge is 0.339 e. The lowest BCUT2D eigenvalue weighted by Crippen LogP contribution is -2.43. The van der Waals surface area contributed by atoms with E-state index < -0.39 is 11.7 Å². The molecule has 4 rings (SSSR count). The first-order valence-electron chi connectivity index (χ1n) is 11.1. The molecule has 2 N–H and O–H groups in total. The Morgan fingerprint density at radius 3 is 2.56 bits per heavy atom. The zero-order valence-corrected chi connectivity index (χ0v) is 19.0. The molecule has 0 unspecified atom stereocenters. The molecule has 1 aliphatic rings. The van der Waals surface area contributed by atoms with Crippen molar-refractivity contribution in [3.63, 3.8) is 0 Å². The van der Waals surface area contributed by atoms with Crippen LogP contribution in [0.25, 0.3) is 0 Å². The minimum Gasteiger partial charge on any atom is -0.339 e. The van der Waals surface area contributed by atoms with Crippen LogP contribution in [-0.4, -0.2) is 34.0 Å². The number of alkyl halides is 3. The molecule has 7 nitrogen and oxygen atoms in total. The van der Waals surface area contributed by atoms with Crippen molar-refractivity contribution in [2.75, 3.05) is 22.6 Å². The minimum atomic E-state index is -4.43. The highest BCUT2D eigenvalue weighted by atomic mass is 19.4. The fraction of sp³-hybridized carbons (Fsp3) is 0.333. The molecule has 2 aromatic heterocycles. The van der Waals surface area contributed by atoms with Gasteiger partial charge in [0.05, 0.1) is 17.4 Å². The number of hydrogen-bond acceptors (Lipinski definition) is 5. The number of rotatable bonds is 5. The van der Waals surface area contributed by atoms with Crippen LogP contribution >= 0.6 is 0 Å². The van der Waals surface area contributed by atoms with E-state index >= 15 is 0 Å². The van der Waals surface area contributed by atoms with Crippen molar-refractivity contribution in [1.29, 1.82) is 0 Å². The normalized spacial score (nSPS) is 14.8. The summed E-state index contributed by atoms with van der Waals surface area (Å²) in [5.41, 5.74) is 1.22. The molecule has 1 aliphatic carbocycles. The van der Waals surface area contributed by atoms with Gasteiger partial charge in [-0.25, -0.2) is 4.98 Å². The van der Waals surface area contributed by atoms with Crippen LogP contribution < -0.4 is 15.5 Å². The first-order valence-corrected chi connectivity index (χ1v) is 11.1. The SMILES string of the molecule is C/N=C(\Nc1nc(C)cc(Nc2cccnc2)n1)N(c1cccc(C(F)(F)F)c1)C1CCCC1. The highest BCUT2D eigenvalue weighted by molar-refractivity contribution is 6.05. The van der Waals surface area contributed by atoms with Gasteiger partial charge in [0, 0.05) is 36.7 Å². The van der Waals surface area contributed by atoms with Crippen molar-refractivity contribution in [2.24, 2.45) is 4.99 Å². The largest absolute Gasteiger partial charge is 0.416 e. The van der Waals surface area contributed by atoms with Crippen molar-refractivity contribution in [3.8, 4) is 0 Å². The van der Waals surface area contributed by atoms with E-state index in [-0.39, 0.29) is 6.04 Å². The summed E-state index contributed by atoms with van der Waals surface area (Å²) < 4.78 is 40.2. The Morgan fingerprint density at radius 1 is 1.09 bits per heavy atom. The predicted molar refractivity (Wildman–Crippen MR) is 127 cm³/mol. The third-order valence-electron chi connectivity index (χ3n) is 5.59. The second-order valence-corrected chi connectivity index (χ2v) is 8.11. The average molecular weight is 470 g/mol. The number of aromatic nitrogens is 3. The third kappa shape index (κ3) is 5.62. The van der Waals surface area contributed by atoms with Crippen LogP contribution in [0.2, 0.25) is 0 Å². The van der Waals surface area contributed by atoms with Crippen LogP contribution in [0.3, 0.4) is 0 Å². The van der Waals surface area contributed by atoms with Gasteiger partial charge in [0.1, 0.15) is 5.82 Å². The highest BCUT2D eigenvalue weighted by Crippen LogP contribution is 2.34.